The van der Waals surface area contributed by atoms with Crippen molar-refractivity contribution in [1.82, 2.24) is 0 Å². The van der Waals surface area contributed by atoms with Gasteiger partial charge < -0.3 is 10.6 Å². The third-order valence-electron chi connectivity index (χ3n) is 4.19. The molecule has 0 unspecified atom stereocenters. The second-order valence-corrected chi connectivity index (χ2v) is 5.60. The number of anilines is 2. The quantitative estimate of drug-likeness (QED) is 0.793. The van der Waals surface area contributed by atoms with Gasteiger partial charge in [0.25, 0.3) is 5.91 Å². The van der Waals surface area contributed by atoms with Crippen molar-refractivity contribution in [3.63, 3.8) is 0 Å². The molecule has 2 aliphatic rings. The molecule has 0 fully saturated rings. The number of rotatable bonds is 1. The summed E-state index contributed by atoms with van der Waals surface area (Å²) in [7, 11) is 0. The van der Waals surface area contributed by atoms with Crippen LogP contribution in [0.15, 0.2) is 42.5 Å². The second kappa shape index (κ2) is 4.56. The lowest BCUT2D eigenvalue weighted by Gasteiger charge is -2.07. The molecular formula is C18H14N2O2. The number of carbonyl (C=O) groups excluding carboxylic acids is 2. The zero-order chi connectivity index (χ0) is 15.3. The van der Waals surface area contributed by atoms with E-state index in [1.54, 1.807) is 0 Å². The van der Waals surface area contributed by atoms with Gasteiger partial charge in [-0.3, -0.25) is 9.59 Å². The van der Waals surface area contributed by atoms with Crippen LogP contribution in [0.4, 0.5) is 11.4 Å². The van der Waals surface area contributed by atoms with E-state index < -0.39 is 0 Å². The van der Waals surface area contributed by atoms with Gasteiger partial charge in [-0.05, 0) is 35.8 Å². The molecule has 0 bridgehead atoms. The van der Waals surface area contributed by atoms with Gasteiger partial charge in [-0.25, -0.2) is 0 Å². The lowest BCUT2D eigenvalue weighted by atomic mass is 9.95. The topological polar surface area (TPSA) is 58.2 Å². The van der Waals surface area contributed by atoms with Gasteiger partial charge in [0.1, 0.15) is 0 Å². The second-order valence-electron chi connectivity index (χ2n) is 5.60. The highest BCUT2D eigenvalue weighted by atomic mass is 16.2. The summed E-state index contributed by atoms with van der Waals surface area (Å²) in [6.45, 7) is 1.95. The van der Waals surface area contributed by atoms with Crippen molar-refractivity contribution < 1.29 is 9.59 Å². The fourth-order valence-corrected chi connectivity index (χ4v) is 3.10. The minimum atomic E-state index is -0.0913. The van der Waals surface area contributed by atoms with Gasteiger partial charge in [-0.15, -0.1) is 0 Å². The molecule has 0 saturated carbocycles. The molecule has 2 N–H and O–H groups in total. The Kier molecular flexibility index (Phi) is 2.66. The zero-order valence-electron chi connectivity index (χ0n) is 12.1. The summed E-state index contributed by atoms with van der Waals surface area (Å²) in [6.07, 6.45) is 0.370. The predicted octanol–water partition coefficient (Wildman–Crippen LogP) is 3.06. The van der Waals surface area contributed by atoms with Gasteiger partial charge in [0.15, 0.2) is 0 Å². The van der Waals surface area contributed by atoms with E-state index in [4.69, 9.17) is 0 Å². The summed E-state index contributed by atoms with van der Waals surface area (Å²) in [6, 6.07) is 13.6. The number of fused-ring (bicyclic) bond motifs is 2. The molecule has 0 radical (unpaired) electrons. The van der Waals surface area contributed by atoms with Crippen LogP contribution >= 0.6 is 0 Å². The van der Waals surface area contributed by atoms with Crippen molar-refractivity contribution in [3.05, 3.63) is 59.2 Å². The first-order valence-electron chi connectivity index (χ1n) is 7.18. The molecule has 2 aromatic rings. The molecule has 108 valence electrons. The van der Waals surface area contributed by atoms with Crippen LogP contribution in [0.5, 0.6) is 0 Å². The van der Waals surface area contributed by atoms with E-state index in [1.807, 2.05) is 49.4 Å². The first-order valence-corrected chi connectivity index (χ1v) is 7.18. The van der Waals surface area contributed by atoms with E-state index in [0.29, 0.717) is 12.0 Å². The maximum Gasteiger partial charge on any atom is 0.256 e. The van der Waals surface area contributed by atoms with Gasteiger partial charge in [0, 0.05) is 11.3 Å². The van der Waals surface area contributed by atoms with E-state index in [2.05, 4.69) is 10.6 Å². The Morgan fingerprint density at radius 3 is 2.55 bits per heavy atom. The number of amides is 2. The van der Waals surface area contributed by atoms with Crippen LogP contribution in [-0.2, 0) is 16.0 Å². The average molecular weight is 290 g/mol. The van der Waals surface area contributed by atoms with Crippen molar-refractivity contribution in [1.29, 1.82) is 0 Å². The molecule has 2 amide bonds. The molecule has 0 spiro atoms. The summed E-state index contributed by atoms with van der Waals surface area (Å²) in [4.78, 5) is 23.9. The van der Waals surface area contributed by atoms with E-state index in [9.17, 15) is 9.59 Å². The summed E-state index contributed by atoms with van der Waals surface area (Å²) < 4.78 is 0. The minimum Gasteiger partial charge on any atom is -0.325 e. The van der Waals surface area contributed by atoms with Crippen LogP contribution < -0.4 is 10.6 Å². The maximum absolute atomic E-state index is 12.4. The van der Waals surface area contributed by atoms with Gasteiger partial charge in [0.05, 0.1) is 17.7 Å². The molecule has 0 saturated heterocycles. The largest absolute Gasteiger partial charge is 0.325 e. The van der Waals surface area contributed by atoms with E-state index in [-0.39, 0.29) is 11.8 Å². The Balaban J connectivity index is 1.90. The molecular weight excluding hydrogens is 276 g/mol. The highest BCUT2D eigenvalue weighted by Gasteiger charge is 2.30. The number of benzene rings is 2. The molecule has 4 heteroatoms. The van der Waals surface area contributed by atoms with Crippen LogP contribution in [0, 0.1) is 0 Å². The number of allylic oxidation sites excluding steroid dienone is 1. The predicted molar refractivity (Wildman–Crippen MR) is 86.3 cm³/mol. The molecule has 0 aliphatic carbocycles. The Labute approximate surface area is 127 Å². The number of carbonyl (C=O) groups is 2. The zero-order valence-corrected chi connectivity index (χ0v) is 12.1. The molecule has 0 aromatic heterocycles. The molecule has 4 rings (SSSR count). The Hall–Kier alpha value is -2.88. The molecule has 22 heavy (non-hydrogen) atoms. The van der Waals surface area contributed by atoms with E-state index in [0.717, 1.165) is 33.6 Å². The van der Waals surface area contributed by atoms with Crippen molar-refractivity contribution in [2.45, 2.75) is 13.3 Å². The summed E-state index contributed by atoms with van der Waals surface area (Å²) >= 11 is 0. The van der Waals surface area contributed by atoms with Crippen LogP contribution in [0.1, 0.15) is 23.6 Å². The van der Waals surface area contributed by atoms with Gasteiger partial charge >= 0.3 is 0 Å². The monoisotopic (exact) mass is 290 g/mol. The third kappa shape index (κ3) is 1.84. The van der Waals surface area contributed by atoms with E-state index in [1.165, 1.54) is 0 Å². The van der Waals surface area contributed by atoms with Crippen LogP contribution in [0.25, 0.3) is 11.1 Å². The lowest BCUT2D eigenvalue weighted by Crippen LogP contribution is -2.06. The van der Waals surface area contributed by atoms with Crippen molar-refractivity contribution in [2.24, 2.45) is 0 Å². The highest BCUT2D eigenvalue weighted by Crippen LogP contribution is 2.41. The van der Waals surface area contributed by atoms with Gasteiger partial charge in [-0.1, -0.05) is 30.3 Å². The minimum absolute atomic E-state index is 0.00434. The first-order chi connectivity index (χ1) is 10.6. The first kappa shape index (κ1) is 12.8. The molecule has 0 atom stereocenters. The number of nitrogens with one attached hydrogen (secondary N) is 2. The number of hydrogen-bond donors (Lipinski definition) is 2. The Morgan fingerprint density at radius 1 is 1.00 bits per heavy atom. The third-order valence-corrected chi connectivity index (χ3v) is 4.19. The van der Waals surface area contributed by atoms with E-state index >= 15 is 0 Å². The van der Waals surface area contributed by atoms with Crippen LogP contribution in [0.2, 0.25) is 0 Å². The molecule has 2 aromatic carbocycles. The molecule has 2 aliphatic heterocycles. The van der Waals surface area contributed by atoms with Crippen molar-refractivity contribution in [2.75, 3.05) is 10.6 Å². The SMILES string of the molecule is CC(=C1C(=O)Nc2cc3c(cc21)CC(=O)N3)c1ccccc1. The normalized spacial score (nSPS) is 17.7. The highest BCUT2D eigenvalue weighted by molar-refractivity contribution is 6.37. The van der Waals surface area contributed by atoms with Crippen LogP contribution in [0.3, 0.4) is 0 Å². The summed E-state index contributed by atoms with van der Waals surface area (Å²) in [5.74, 6) is -0.0957. The van der Waals surface area contributed by atoms with Crippen molar-refractivity contribution >= 4 is 34.3 Å². The van der Waals surface area contributed by atoms with Gasteiger partial charge in [-0.2, -0.15) is 0 Å². The number of hydrogen-bond acceptors (Lipinski definition) is 2. The fraction of sp³-hybridized carbons (Fsp3) is 0.111. The van der Waals surface area contributed by atoms with Crippen LogP contribution in [-0.4, -0.2) is 11.8 Å². The Bertz CT molecular complexity index is 851. The lowest BCUT2D eigenvalue weighted by molar-refractivity contribution is -0.115. The fourth-order valence-electron chi connectivity index (χ4n) is 3.10. The van der Waals surface area contributed by atoms with Gasteiger partial charge in [0.2, 0.25) is 5.91 Å². The average Bonchev–Trinajstić information content (AvgIpc) is 3.02. The maximum atomic E-state index is 12.4. The molecule has 2 heterocycles. The Morgan fingerprint density at radius 2 is 1.77 bits per heavy atom. The standard InChI is InChI=1S/C18H14N2O2/c1-10(11-5-3-2-4-6-11)17-13-7-12-8-16(21)19-14(12)9-15(13)20-18(17)22/h2-7,9H,8H2,1H3,(H,19,21)(H,20,22). The summed E-state index contributed by atoms with van der Waals surface area (Å²) in [5, 5.41) is 5.71. The summed E-state index contributed by atoms with van der Waals surface area (Å²) in [5.41, 5.74) is 6.02. The smallest absolute Gasteiger partial charge is 0.256 e. The van der Waals surface area contributed by atoms with Crippen molar-refractivity contribution in [3.8, 4) is 0 Å². The molecule has 4 nitrogen and oxygen atoms in total.